The van der Waals surface area contributed by atoms with E-state index in [1.165, 1.54) is 17.0 Å². The Hall–Kier alpha value is -1.44. The van der Waals surface area contributed by atoms with E-state index in [9.17, 15) is 14.0 Å². The molecule has 1 aliphatic heterocycles. The molecular weight excluding hydrogens is 735 g/mol. The summed E-state index contributed by atoms with van der Waals surface area (Å²) in [7, 11) is 0. The fraction of sp³-hybridized carbons (Fsp3) is 0.0833. The van der Waals surface area contributed by atoms with Crippen LogP contribution >= 0.6 is 72.9 Å². The first kappa shape index (κ1) is 24.7. The number of carbonyl (C=O) groups excluding carboxylic acids is 2. The van der Waals surface area contributed by atoms with E-state index >= 15 is 0 Å². The van der Waals surface area contributed by atoms with Gasteiger partial charge in [-0.1, -0.05) is 40.2 Å². The maximum absolute atomic E-state index is 13.4. The molecule has 168 valence electrons. The van der Waals surface area contributed by atoms with Gasteiger partial charge in [-0.05, 0) is 116 Å². The summed E-state index contributed by atoms with van der Waals surface area (Å²) in [6.45, 7) is 0.481. The number of carbonyl (C=O) groups is 2. The van der Waals surface area contributed by atoms with E-state index in [0.29, 0.717) is 10.7 Å². The highest BCUT2D eigenvalue weighted by Crippen LogP contribution is 2.35. The van der Waals surface area contributed by atoms with Gasteiger partial charge in [-0.2, -0.15) is 0 Å². The van der Waals surface area contributed by atoms with E-state index in [-0.39, 0.29) is 30.1 Å². The van der Waals surface area contributed by atoms with Crippen LogP contribution in [0, 0.1) is 13.0 Å². The van der Waals surface area contributed by atoms with Crippen molar-refractivity contribution in [2.75, 3.05) is 0 Å². The van der Waals surface area contributed by atoms with Crippen LogP contribution < -0.4 is 4.74 Å². The molecule has 2 amide bonds. The van der Waals surface area contributed by atoms with Crippen molar-refractivity contribution < 1.29 is 18.7 Å². The van der Waals surface area contributed by atoms with E-state index in [0.717, 1.165) is 40.1 Å². The minimum absolute atomic E-state index is 0.233. The maximum Gasteiger partial charge on any atom is 0.293 e. The Balaban J connectivity index is 1.49. The van der Waals surface area contributed by atoms with Crippen molar-refractivity contribution >= 4 is 90.1 Å². The van der Waals surface area contributed by atoms with Crippen LogP contribution in [-0.4, -0.2) is 16.0 Å². The van der Waals surface area contributed by atoms with Crippen LogP contribution in [0.25, 0.3) is 6.08 Å². The lowest BCUT2D eigenvalue weighted by molar-refractivity contribution is -0.123. The Morgan fingerprint density at radius 2 is 1.70 bits per heavy atom. The maximum atomic E-state index is 13.4. The molecule has 1 aliphatic rings. The summed E-state index contributed by atoms with van der Waals surface area (Å²) in [5.74, 6) is 0.0928. The number of rotatable bonds is 6. The lowest BCUT2D eigenvalue weighted by Gasteiger charge is -2.13. The third-order valence-electron chi connectivity index (χ3n) is 4.72. The van der Waals surface area contributed by atoms with Gasteiger partial charge in [0.1, 0.15) is 18.2 Å². The number of thioether (sulfide) groups is 1. The average Bonchev–Trinajstić information content (AvgIpc) is 3.02. The van der Waals surface area contributed by atoms with Crippen molar-refractivity contribution in [3.05, 3.63) is 99.7 Å². The first-order chi connectivity index (χ1) is 15.8. The predicted octanol–water partition coefficient (Wildman–Crippen LogP) is 7.61. The number of hydrogen-bond donors (Lipinski definition) is 0. The second-order valence-corrected chi connectivity index (χ2v) is 11.4. The van der Waals surface area contributed by atoms with E-state index in [2.05, 4.69) is 61.1 Å². The minimum Gasteiger partial charge on any atom is -0.487 e. The van der Waals surface area contributed by atoms with Gasteiger partial charge in [0.25, 0.3) is 11.1 Å². The van der Waals surface area contributed by atoms with Crippen LogP contribution in [-0.2, 0) is 17.9 Å². The van der Waals surface area contributed by atoms with Crippen molar-refractivity contribution in [1.82, 2.24) is 4.90 Å². The minimum atomic E-state index is -0.302. The molecular formula is C24H15BrFI2NO3S. The fourth-order valence-electron chi connectivity index (χ4n) is 3.14. The zero-order valence-corrected chi connectivity index (χ0v) is 23.6. The Bertz CT molecular complexity index is 1240. The molecule has 4 rings (SSSR count). The molecule has 0 radical (unpaired) electrons. The summed E-state index contributed by atoms with van der Waals surface area (Å²) in [5.41, 5.74) is 2.42. The zero-order chi connectivity index (χ0) is 23.5. The number of imide groups is 1. The Labute approximate surface area is 230 Å². The van der Waals surface area contributed by atoms with E-state index in [1.54, 1.807) is 12.1 Å². The van der Waals surface area contributed by atoms with E-state index < -0.39 is 0 Å². The van der Waals surface area contributed by atoms with Crippen molar-refractivity contribution in [3.63, 3.8) is 0 Å². The van der Waals surface area contributed by atoms with Gasteiger partial charge in [0, 0.05) is 4.47 Å². The van der Waals surface area contributed by atoms with Crippen molar-refractivity contribution in [2.45, 2.75) is 13.2 Å². The van der Waals surface area contributed by atoms with Crippen LogP contribution in [0.4, 0.5) is 9.18 Å². The SMILES string of the molecule is O=C1S/C(=C\c2cc(I)c(OCc3cccc(F)c3)c(I)c2)C(=O)N1Cc1ccc(Br)cc1. The molecule has 0 saturated carbocycles. The summed E-state index contributed by atoms with van der Waals surface area (Å²) in [5, 5.41) is -0.284. The van der Waals surface area contributed by atoms with E-state index in [4.69, 9.17) is 4.74 Å². The predicted molar refractivity (Wildman–Crippen MR) is 148 cm³/mol. The van der Waals surface area contributed by atoms with Gasteiger partial charge in [0.15, 0.2) is 0 Å². The van der Waals surface area contributed by atoms with Crippen molar-refractivity contribution in [2.24, 2.45) is 0 Å². The second-order valence-electron chi connectivity index (χ2n) is 7.13. The van der Waals surface area contributed by atoms with E-state index in [1.807, 2.05) is 42.5 Å². The summed E-state index contributed by atoms with van der Waals surface area (Å²) in [6, 6.07) is 17.6. The molecule has 0 aliphatic carbocycles. The van der Waals surface area contributed by atoms with Crippen molar-refractivity contribution in [1.29, 1.82) is 0 Å². The van der Waals surface area contributed by atoms with Crippen LogP contribution in [0.15, 0.2) is 70.0 Å². The molecule has 0 bridgehead atoms. The summed E-state index contributed by atoms with van der Waals surface area (Å²) in [4.78, 5) is 27.0. The molecule has 0 atom stereocenters. The normalized spacial score (nSPS) is 14.9. The molecule has 0 aromatic heterocycles. The van der Waals surface area contributed by atoms with Gasteiger partial charge in [0.05, 0.1) is 18.6 Å². The molecule has 3 aromatic rings. The highest BCUT2D eigenvalue weighted by molar-refractivity contribution is 14.1. The molecule has 9 heteroatoms. The standard InChI is InChI=1S/C24H15BrFI2NO3S/c25-17-6-4-14(5-7-17)12-29-23(30)21(33-24(29)31)11-16-9-19(27)22(20(28)10-16)32-13-15-2-1-3-18(26)8-15/h1-11H,12-13H2/b21-11-. The molecule has 3 aromatic carbocycles. The molecule has 1 fully saturated rings. The number of benzene rings is 3. The molecule has 0 unspecified atom stereocenters. The van der Waals surface area contributed by atoms with Gasteiger partial charge in [-0.25, -0.2) is 4.39 Å². The summed E-state index contributed by atoms with van der Waals surface area (Å²) >= 11 is 8.67. The van der Waals surface area contributed by atoms with Crippen LogP contribution in [0.1, 0.15) is 16.7 Å². The monoisotopic (exact) mass is 749 g/mol. The summed E-state index contributed by atoms with van der Waals surface area (Å²) in [6.07, 6.45) is 1.73. The highest BCUT2D eigenvalue weighted by Gasteiger charge is 2.35. The molecule has 4 nitrogen and oxygen atoms in total. The van der Waals surface area contributed by atoms with Gasteiger partial charge in [-0.15, -0.1) is 0 Å². The number of halogens is 4. The quantitative estimate of drug-likeness (QED) is 0.192. The molecule has 1 saturated heterocycles. The number of nitrogens with zero attached hydrogens (tertiary/aromatic N) is 1. The summed E-state index contributed by atoms with van der Waals surface area (Å²) < 4.78 is 22.0. The number of amides is 2. The third kappa shape index (κ3) is 6.17. The molecule has 1 heterocycles. The lowest BCUT2D eigenvalue weighted by atomic mass is 10.2. The van der Waals surface area contributed by atoms with Crippen LogP contribution in [0.5, 0.6) is 5.75 Å². The zero-order valence-electron chi connectivity index (χ0n) is 16.9. The number of ether oxygens (including phenoxy) is 1. The Morgan fingerprint density at radius 3 is 2.36 bits per heavy atom. The Morgan fingerprint density at radius 1 is 1.00 bits per heavy atom. The first-order valence-electron chi connectivity index (χ1n) is 9.66. The highest BCUT2D eigenvalue weighted by atomic mass is 127. The number of hydrogen-bond acceptors (Lipinski definition) is 4. The smallest absolute Gasteiger partial charge is 0.293 e. The molecule has 0 spiro atoms. The van der Waals surface area contributed by atoms with Crippen molar-refractivity contribution in [3.8, 4) is 5.75 Å². The van der Waals surface area contributed by atoms with Crippen LogP contribution in [0.2, 0.25) is 0 Å². The second kappa shape index (κ2) is 10.9. The Kier molecular flexibility index (Phi) is 8.13. The fourth-order valence-corrected chi connectivity index (χ4v) is 6.37. The molecule has 33 heavy (non-hydrogen) atoms. The van der Waals surface area contributed by atoms with Gasteiger partial charge < -0.3 is 4.74 Å². The van der Waals surface area contributed by atoms with Gasteiger partial charge in [0.2, 0.25) is 0 Å². The van der Waals surface area contributed by atoms with Gasteiger partial charge >= 0.3 is 0 Å². The lowest BCUT2D eigenvalue weighted by Crippen LogP contribution is -2.27. The van der Waals surface area contributed by atoms with Crippen LogP contribution in [0.3, 0.4) is 0 Å². The first-order valence-corrected chi connectivity index (χ1v) is 13.4. The topological polar surface area (TPSA) is 46.6 Å². The largest absolute Gasteiger partial charge is 0.487 e. The molecule has 0 N–H and O–H groups in total. The third-order valence-corrected chi connectivity index (χ3v) is 7.76. The average molecular weight is 750 g/mol. The van der Waals surface area contributed by atoms with Gasteiger partial charge in [-0.3, -0.25) is 14.5 Å².